The molecule has 5 heteroatoms. The third-order valence-corrected chi connectivity index (χ3v) is 2.94. The second kappa shape index (κ2) is 6.06. The van der Waals surface area contributed by atoms with Gasteiger partial charge in [0.1, 0.15) is 18.1 Å². The fourth-order valence-electron chi connectivity index (χ4n) is 2.14. The van der Waals surface area contributed by atoms with Gasteiger partial charge >= 0.3 is 5.97 Å². The van der Waals surface area contributed by atoms with E-state index in [-0.39, 0.29) is 6.54 Å². The smallest absolute Gasteiger partial charge is 0.323 e. The molecule has 0 unspecified atom stereocenters. The maximum Gasteiger partial charge on any atom is 0.323 e. The lowest BCUT2D eigenvalue weighted by Gasteiger charge is -2.21. The minimum atomic E-state index is -0.909. The molecule has 0 atom stereocenters. The number of anilines is 1. The quantitative estimate of drug-likeness (QED) is 0.818. The SMILES string of the molecule is C=CCN(CC(=O)O)c1nccc2c(OC)cccc12. The summed E-state index contributed by atoms with van der Waals surface area (Å²) in [4.78, 5) is 17.0. The van der Waals surface area contributed by atoms with Gasteiger partial charge in [-0.2, -0.15) is 0 Å². The number of fused-ring (bicyclic) bond motifs is 1. The molecule has 0 aliphatic heterocycles. The lowest BCUT2D eigenvalue weighted by molar-refractivity contribution is -0.135. The van der Waals surface area contributed by atoms with Crippen LogP contribution in [0.25, 0.3) is 10.8 Å². The zero-order chi connectivity index (χ0) is 14.5. The molecule has 0 spiro atoms. The first kappa shape index (κ1) is 13.9. The summed E-state index contributed by atoms with van der Waals surface area (Å²) in [6.45, 7) is 3.94. The monoisotopic (exact) mass is 272 g/mol. The zero-order valence-electron chi connectivity index (χ0n) is 11.2. The van der Waals surface area contributed by atoms with E-state index in [0.29, 0.717) is 12.4 Å². The van der Waals surface area contributed by atoms with Crippen LogP contribution in [0.4, 0.5) is 5.82 Å². The molecule has 1 aromatic carbocycles. The number of aliphatic carboxylic acids is 1. The van der Waals surface area contributed by atoms with Gasteiger partial charge in [-0.1, -0.05) is 18.2 Å². The Bertz CT molecular complexity index is 640. The Hall–Kier alpha value is -2.56. The number of hydrogen-bond donors (Lipinski definition) is 1. The van der Waals surface area contributed by atoms with E-state index in [2.05, 4.69) is 11.6 Å². The molecule has 0 radical (unpaired) electrons. The Kier molecular flexibility index (Phi) is 4.20. The van der Waals surface area contributed by atoms with Crippen LogP contribution < -0.4 is 9.64 Å². The van der Waals surface area contributed by atoms with Gasteiger partial charge in [-0.25, -0.2) is 4.98 Å². The number of nitrogens with zero attached hydrogens (tertiary/aromatic N) is 2. The standard InChI is InChI=1S/C15H16N2O3/c1-3-9-17(10-14(18)19)15-12-5-4-6-13(20-2)11(12)7-8-16-15/h3-8H,1,9-10H2,2H3,(H,18,19). The molecule has 0 bridgehead atoms. The van der Waals surface area contributed by atoms with Crippen molar-refractivity contribution in [3.8, 4) is 5.75 Å². The molecule has 0 saturated carbocycles. The Morgan fingerprint density at radius 3 is 2.90 bits per heavy atom. The third-order valence-electron chi connectivity index (χ3n) is 2.94. The van der Waals surface area contributed by atoms with E-state index in [1.54, 1.807) is 24.3 Å². The Balaban J connectivity index is 2.57. The first-order chi connectivity index (χ1) is 9.67. The number of carbonyl (C=O) groups is 1. The van der Waals surface area contributed by atoms with Crippen molar-refractivity contribution in [1.82, 2.24) is 4.98 Å². The number of ether oxygens (including phenoxy) is 1. The third kappa shape index (κ3) is 2.71. The van der Waals surface area contributed by atoms with Crippen LogP contribution in [-0.2, 0) is 4.79 Å². The van der Waals surface area contributed by atoms with E-state index < -0.39 is 5.97 Å². The number of methoxy groups -OCH3 is 1. The van der Waals surface area contributed by atoms with Gasteiger partial charge in [0.25, 0.3) is 0 Å². The first-order valence-corrected chi connectivity index (χ1v) is 6.16. The van der Waals surface area contributed by atoms with E-state index in [9.17, 15) is 4.79 Å². The highest BCUT2D eigenvalue weighted by molar-refractivity contribution is 5.97. The Morgan fingerprint density at radius 1 is 1.45 bits per heavy atom. The molecule has 0 amide bonds. The summed E-state index contributed by atoms with van der Waals surface area (Å²) in [7, 11) is 1.60. The fourth-order valence-corrected chi connectivity index (χ4v) is 2.14. The van der Waals surface area contributed by atoms with Gasteiger partial charge in [-0.15, -0.1) is 6.58 Å². The van der Waals surface area contributed by atoms with Crippen LogP contribution in [0.5, 0.6) is 5.75 Å². The summed E-state index contributed by atoms with van der Waals surface area (Å²) in [5.41, 5.74) is 0. The van der Waals surface area contributed by atoms with Gasteiger partial charge < -0.3 is 14.7 Å². The molecule has 2 aromatic rings. The summed E-state index contributed by atoms with van der Waals surface area (Å²) < 4.78 is 5.32. The molecule has 1 aromatic heterocycles. The van der Waals surface area contributed by atoms with Crippen molar-refractivity contribution in [2.24, 2.45) is 0 Å². The number of carboxylic acid groups (broad SMARTS) is 1. The van der Waals surface area contributed by atoms with Gasteiger partial charge in [0.15, 0.2) is 0 Å². The van der Waals surface area contributed by atoms with Crippen molar-refractivity contribution in [2.45, 2.75) is 0 Å². The molecule has 0 saturated heterocycles. The largest absolute Gasteiger partial charge is 0.496 e. The lowest BCUT2D eigenvalue weighted by atomic mass is 10.1. The second-order valence-corrected chi connectivity index (χ2v) is 4.25. The van der Waals surface area contributed by atoms with Crippen LogP contribution in [-0.4, -0.2) is 36.3 Å². The zero-order valence-corrected chi connectivity index (χ0v) is 11.2. The highest BCUT2D eigenvalue weighted by Crippen LogP contribution is 2.30. The molecule has 0 fully saturated rings. The average molecular weight is 272 g/mol. The highest BCUT2D eigenvalue weighted by atomic mass is 16.5. The first-order valence-electron chi connectivity index (χ1n) is 6.16. The van der Waals surface area contributed by atoms with Gasteiger partial charge in [0, 0.05) is 23.5 Å². The Labute approximate surface area is 117 Å². The van der Waals surface area contributed by atoms with Gasteiger partial charge in [0.05, 0.1) is 7.11 Å². The molecule has 0 aliphatic carbocycles. The van der Waals surface area contributed by atoms with E-state index in [1.165, 1.54) is 0 Å². The van der Waals surface area contributed by atoms with Crippen LogP contribution in [0.2, 0.25) is 0 Å². The predicted molar refractivity (Wildman–Crippen MR) is 78.3 cm³/mol. The predicted octanol–water partition coefficient (Wildman–Crippen LogP) is 2.32. The van der Waals surface area contributed by atoms with E-state index in [1.807, 2.05) is 24.3 Å². The summed E-state index contributed by atoms with van der Waals surface area (Å²) in [6.07, 6.45) is 3.31. The van der Waals surface area contributed by atoms with E-state index in [4.69, 9.17) is 9.84 Å². The van der Waals surface area contributed by atoms with Crippen LogP contribution >= 0.6 is 0 Å². The minimum Gasteiger partial charge on any atom is -0.496 e. The summed E-state index contributed by atoms with van der Waals surface area (Å²) in [5.74, 6) is 0.442. The number of carboxylic acids is 1. The van der Waals surface area contributed by atoms with Crippen LogP contribution in [0.15, 0.2) is 43.1 Å². The van der Waals surface area contributed by atoms with E-state index >= 15 is 0 Å². The molecule has 1 heterocycles. The number of benzene rings is 1. The van der Waals surface area contributed by atoms with Crippen molar-refractivity contribution in [1.29, 1.82) is 0 Å². The maximum absolute atomic E-state index is 11.0. The maximum atomic E-state index is 11.0. The molecule has 5 nitrogen and oxygen atoms in total. The summed E-state index contributed by atoms with van der Waals surface area (Å²) in [5, 5.41) is 10.8. The minimum absolute atomic E-state index is 0.130. The van der Waals surface area contributed by atoms with Crippen molar-refractivity contribution < 1.29 is 14.6 Å². The van der Waals surface area contributed by atoms with Gasteiger partial charge in [-0.05, 0) is 12.1 Å². The van der Waals surface area contributed by atoms with Crippen molar-refractivity contribution in [2.75, 3.05) is 25.1 Å². The Morgan fingerprint density at radius 2 is 2.25 bits per heavy atom. The van der Waals surface area contributed by atoms with Crippen LogP contribution in [0.1, 0.15) is 0 Å². The molecular weight excluding hydrogens is 256 g/mol. The summed E-state index contributed by atoms with van der Waals surface area (Å²) in [6, 6.07) is 7.48. The molecule has 104 valence electrons. The van der Waals surface area contributed by atoms with Crippen molar-refractivity contribution >= 4 is 22.6 Å². The average Bonchev–Trinajstić information content (AvgIpc) is 2.45. The van der Waals surface area contributed by atoms with Crippen molar-refractivity contribution in [3.63, 3.8) is 0 Å². The summed E-state index contributed by atoms with van der Waals surface area (Å²) >= 11 is 0. The topological polar surface area (TPSA) is 62.7 Å². The number of pyridine rings is 1. The molecule has 1 N–H and O–H groups in total. The number of rotatable bonds is 6. The van der Waals surface area contributed by atoms with Crippen LogP contribution in [0.3, 0.4) is 0 Å². The van der Waals surface area contributed by atoms with E-state index in [0.717, 1.165) is 16.5 Å². The lowest BCUT2D eigenvalue weighted by Crippen LogP contribution is -2.30. The normalized spacial score (nSPS) is 10.2. The fraction of sp³-hybridized carbons (Fsp3) is 0.200. The van der Waals surface area contributed by atoms with Crippen molar-refractivity contribution in [3.05, 3.63) is 43.1 Å². The second-order valence-electron chi connectivity index (χ2n) is 4.25. The molecular formula is C15H16N2O3. The van der Waals surface area contributed by atoms with Crippen LogP contribution in [0, 0.1) is 0 Å². The molecule has 0 aliphatic rings. The molecule has 2 rings (SSSR count). The number of aromatic nitrogens is 1. The van der Waals surface area contributed by atoms with Gasteiger partial charge in [-0.3, -0.25) is 4.79 Å². The highest BCUT2D eigenvalue weighted by Gasteiger charge is 2.14. The molecule has 20 heavy (non-hydrogen) atoms. The van der Waals surface area contributed by atoms with Gasteiger partial charge in [0.2, 0.25) is 0 Å². The number of hydrogen-bond acceptors (Lipinski definition) is 4.